The number of hydrogen-bond acceptors (Lipinski definition) is 7. The number of pyridine rings is 1. The van der Waals surface area contributed by atoms with Crippen molar-refractivity contribution in [2.75, 3.05) is 34.4 Å². The lowest BCUT2D eigenvalue weighted by atomic mass is 10.4. The fourth-order valence-corrected chi connectivity index (χ4v) is 3.40. The van der Waals surface area contributed by atoms with E-state index in [0.29, 0.717) is 17.3 Å². The summed E-state index contributed by atoms with van der Waals surface area (Å²) < 4.78 is 4.91. The molecule has 2 aromatic heterocycles. The van der Waals surface area contributed by atoms with Gasteiger partial charge in [0.25, 0.3) is 0 Å². The van der Waals surface area contributed by atoms with Gasteiger partial charge in [0.2, 0.25) is 11.8 Å². The van der Waals surface area contributed by atoms with Crippen LogP contribution in [0.15, 0.2) is 28.9 Å². The number of aromatic nitrogens is 2. The molecular weight excluding hydrogens is 366 g/mol. The average Bonchev–Trinajstić information content (AvgIpc) is 3.32. The maximum atomic E-state index is 12.1. The van der Waals surface area contributed by atoms with E-state index < -0.39 is 5.25 Å². The van der Waals surface area contributed by atoms with Gasteiger partial charge in [-0.2, -0.15) is 0 Å². The predicted octanol–water partition coefficient (Wildman–Crippen LogP) is 2.68. The molecule has 1 unspecified atom stereocenters. The predicted molar refractivity (Wildman–Crippen MR) is 106 cm³/mol. The van der Waals surface area contributed by atoms with Crippen molar-refractivity contribution in [3.63, 3.8) is 0 Å². The number of nitrogens with one attached hydrogen (secondary N) is 2. The smallest absolute Gasteiger partial charge is 0.238 e. The zero-order valence-electron chi connectivity index (χ0n) is 15.4. The molecule has 2 aromatic rings. The first-order valence-electron chi connectivity index (χ1n) is 8.88. The molecular formula is C18H23N5O3S. The number of nitrogens with zero attached hydrogens (tertiary/aromatic N) is 3. The van der Waals surface area contributed by atoms with Crippen LogP contribution in [0.1, 0.15) is 25.5 Å². The number of hydrogen-bond donors (Lipinski definition) is 2. The van der Waals surface area contributed by atoms with Crippen molar-refractivity contribution in [2.24, 2.45) is 0 Å². The lowest BCUT2D eigenvalue weighted by Gasteiger charge is -2.16. The molecule has 2 N–H and O–H groups in total. The molecule has 2 amide bonds. The number of carbonyl (C=O) groups is 2. The largest absolute Gasteiger partial charge is 0.360 e. The Morgan fingerprint density at radius 1 is 1.30 bits per heavy atom. The minimum absolute atomic E-state index is 0.167. The van der Waals surface area contributed by atoms with E-state index in [0.717, 1.165) is 18.9 Å². The maximum absolute atomic E-state index is 12.1. The van der Waals surface area contributed by atoms with Crippen LogP contribution in [0.25, 0.3) is 0 Å². The van der Waals surface area contributed by atoms with Crippen molar-refractivity contribution in [1.29, 1.82) is 0 Å². The van der Waals surface area contributed by atoms with Crippen LogP contribution >= 0.6 is 11.8 Å². The minimum atomic E-state index is -0.400. The summed E-state index contributed by atoms with van der Waals surface area (Å²) in [5, 5.41) is 8.78. The molecule has 0 aliphatic carbocycles. The van der Waals surface area contributed by atoms with Gasteiger partial charge in [-0.3, -0.25) is 9.59 Å². The minimum Gasteiger partial charge on any atom is -0.360 e. The van der Waals surface area contributed by atoms with Crippen LogP contribution in [-0.2, 0) is 9.59 Å². The highest BCUT2D eigenvalue weighted by Gasteiger charge is 2.17. The highest BCUT2D eigenvalue weighted by atomic mass is 32.2. The Labute approximate surface area is 162 Å². The Balaban J connectivity index is 1.42. The van der Waals surface area contributed by atoms with Crippen molar-refractivity contribution < 1.29 is 14.1 Å². The molecule has 3 rings (SSSR count). The second-order valence-corrected chi connectivity index (χ2v) is 7.74. The van der Waals surface area contributed by atoms with Gasteiger partial charge in [-0.1, -0.05) is 5.16 Å². The first-order chi connectivity index (χ1) is 13.0. The summed E-state index contributed by atoms with van der Waals surface area (Å²) in [5.41, 5.74) is 0.652. The molecule has 0 aromatic carbocycles. The van der Waals surface area contributed by atoms with Crippen molar-refractivity contribution in [3.8, 4) is 0 Å². The number of amides is 2. The SMILES string of the molecule is Cc1cc(NC(=O)C(C)SCC(=O)Nc2ccc(N3CCCC3)nc2)no1. The zero-order chi connectivity index (χ0) is 19.2. The van der Waals surface area contributed by atoms with E-state index in [1.165, 1.54) is 24.6 Å². The van der Waals surface area contributed by atoms with Gasteiger partial charge in [0.1, 0.15) is 11.6 Å². The van der Waals surface area contributed by atoms with Gasteiger partial charge in [-0.15, -0.1) is 11.8 Å². The first-order valence-corrected chi connectivity index (χ1v) is 9.93. The highest BCUT2D eigenvalue weighted by Crippen LogP contribution is 2.19. The van der Waals surface area contributed by atoms with E-state index in [-0.39, 0.29) is 17.6 Å². The topological polar surface area (TPSA) is 100 Å². The molecule has 0 saturated carbocycles. The maximum Gasteiger partial charge on any atom is 0.238 e. The standard InChI is InChI=1S/C18H23N5O3S/c1-12-9-15(22-26-12)21-18(25)13(2)27-11-17(24)20-14-5-6-16(19-10-14)23-7-3-4-8-23/h5-6,9-10,13H,3-4,7-8,11H2,1-2H3,(H,20,24)(H,21,22,25). The van der Waals surface area contributed by atoms with Gasteiger partial charge in [0.15, 0.2) is 5.82 Å². The summed E-state index contributed by atoms with van der Waals surface area (Å²) >= 11 is 1.25. The summed E-state index contributed by atoms with van der Waals surface area (Å²) in [7, 11) is 0. The van der Waals surface area contributed by atoms with Crippen molar-refractivity contribution >= 4 is 40.9 Å². The fraction of sp³-hybridized carbons (Fsp3) is 0.444. The lowest BCUT2D eigenvalue weighted by Crippen LogP contribution is -2.25. The van der Waals surface area contributed by atoms with Crippen LogP contribution in [0, 0.1) is 6.92 Å². The molecule has 0 spiro atoms. The third kappa shape index (κ3) is 5.46. The van der Waals surface area contributed by atoms with Crippen LogP contribution in [-0.4, -0.2) is 46.0 Å². The fourth-order valence-electron chi connectivity index (χ4n) is 2.72. The quantitative estimate of drug-likeness (QED) is 0.751. The summed E-state index contributed by atoms with van der Waals surface area (Å²) in [6.45, 7) is 5.55. The summed E-state index contributed by atoms with van der Waals surface area (Å²) in [5.74, 6) is 1.70. The molecule has 0 bridgehead atoms. The van der Waals surface area contributed by atoms with E-state index in [1.54, 1.807) is 26.1 Å². The Bertz CT molecular complexity index is 787. The molecule has 1 atom stereocenters. The second-order valence-electron chi connectivity index (χ2n) is 6.41. The van der Waals surface area contributed by atoms with Crippen molar-refractivity contribution in [3.05, 3.63) is 30.2 Å². The normalized spacial score (nSPS) is 14.8. The summed E-state index contributed by atoms with van der Waals surface area (Å²) in [6.07, 6.45) is 4.05. The Morgan fingerprint density at radius 3 is 2.70 bits per heavy atom. The van der Waals surface area contributed by atoms with Gasteiger partial charge < -0.3 is 20.1 Å². The van der Waals surface area contributed by atoms with E-state index in [2.05, 4.69) is 25.7 Å². The third-order valence-corrected chi connectivity index (χ3v) is 5.32. The molecule has 0 radical (unpaired) electrons. The van der Waals surface area contributed by atoms with Gasteiger partial charge in [-0.25, -0.2) is 4.98 Å². The summed E-state index contributed by atoms with van der Waals surface area (Å²) in [4.78, 5) is 30.9. The first kappa shape index (κ1) is 19.2. The van der Waals surface area contributed by atoms with Crippen LogP contribution in [0.3, 0.4) is 0 Å². The summed E-state index contributed by atoms with van der Waals surface area (Å²) in [6, 6.07) is 5.41. The number of thioether (sulfide) groups is 1. The zero-order valence-corrected chi connectivity index (χ0v) is 16.2. The van der Waals surface area contributed by atoms with Gasteiger partial charge in [0, 0.05) is 19.2 Å². The van der Waals surface area contributed by atoms with Crippen LogP contribution < -0.4 is 15.5 Å². The molecule has 1 saturated heterocycles. The van der Waals surface area contributed by atoms with Crippen LogP contribution in [0.4, 0.5) is 17.3 Å². The molecule has 27 heavy (non-hydrogen) atoms. The molecule has 8 nitrogen and oxygen atoms in total. The average molecular weight is 389 g/mol. The number of aryl methyl sites for hydroxylation is 1. The number of rotatable bonds is 7. The monoisotopic (exact) mass is 389 g/mol. The number of anilines is 3. The number of carbonyl (C=O) groups excluding carboxylic acids is 2. The molecule has 1 fully saturated rings. The van der Waals surface area contributed by atoms with Crippen molar-refractivity contribution in [1.82, 2.24) is 10.1 Å². The van der Waals surface area contributed by atoms with Gasteiger partial charge in [-0.05, 0) is 38.8 Å². The second kappa shape index (κ2) is 8.90. The van der Waals surface area contributed by atoms with Gasteiger partial charge in [0.05, 0.1) is 22.9 Å². The molecule has 144 valence electrons. The molecule has 9 heteroatoms. The Morgan fingerprint density at radius 2 is 2.07 bits per heavy atom. The van der Waals surface area contributed by atoms with Gasteiger partial charge >= 0.3 is 0 Å². The van der Waals surface area contributed by atoms with E-state index in [1.807, 2.05) is 12.1 Å². The Hall–Kier alpha value is -2.55. The van der Waals surface area contributed by atoms with Crippen LogP contribution in [0.5, 0.6) is 0 Å². The van der Waals surface area contributed by atoms with E-state index in [9.17, 15) is 9.59 Å². The molecule has 3 heterocycles. The third-order valence-electron chi connectivity index (χ3n) is 4.17. The molecule has 1 aliphatic heterocycles. The molecule has 1 aliphatic rings. The highest BCUT2D eigenvalue weighted by molar-refractivity contribution is 8.01. The van der Waals surface area contributed by atoms with Crippen molar-refractivity contribution in [2.45, 2.75) is 31.9 Å². The van der Waals surface area contributed by atoms with Crippen LogP contribution in [0.2, 0.25) is 0 Å². The van der Waals surface area contributed by atoms with E-state index >= 15 is 0 Å². The lowest BCUT2D eigenvalue weighted by molar-refractivity contribution is -0.115. The Kier molecular flexibility index (Phi) is 6.33. The van der Waals surface area contributed by atoms with E-state index in [4.69, 9.17) is 4.52 Å².